The average Bonchev–Trinajstić information content (AvgIpc) is 2.21. The molecule has 0 fully saturated rings. The molecule has 0 saturated carbocycles. The Hall–Kier alpha value is -0.643. The molecule has 0 saturated heterocycles. The third-order valence-electron chi connectivity index (χ3n) is 2.21. The SMILES string of the molecule is NCCNCc1ccc(CC[SiH3])cc1. The van der Waals surface area contributed by atoms with Crippen LogP contribution in [0.3, 0.4) is 0 Å². The van der Waals surface area contributed by atoms with Gasteiger partial charge in [0.25, 0.3) is 0 Å². The second kappa shape index (κ2) is 6.76. The molecule has 0 aromatic heterocycles. The topological polar surface area (TPSA) is 38.0 Å². The van der Waals surface area contributed by atoms with Crippen molar-refractivity contribution in [3.63, 3.8) is 0 Å². The van der Waals surface area contributed by atoms with Crippen molar-refractivity contribution < 1.29 is 0 Å². The fraction of sp³-hybridized carbons (Fsp3) is 0.455. The summed E-state index contributed by atoms with van der Waals surface area (Å²) in [7, 11) is 1.30. The Morgan fingerprint density at radius 1 is 1.14 bits per heavy atom. The maximum absolute atomic E-state index is 5.40. The van der Waals surface area contributed by atoms with Crippen molar-refractivity contribution in [3.05, 3.63) is 35.4 Å². The Morgan fingerprint density at radius 2 is 1.79 bits per heavy atom. The van der Waals surface area contributed by atoms with E-state index in [9.17, 15) is 0 Å². The van der Waals surface area contributed by atoms with E-state index in [0.717, 1.165) is 13.1 Å². The standard InChI is InChI=1S/C11H20N2Si/c12-6-7-13-9-11-3-1-10(2-4-11)5-8-14/h1-4,13H,5-9,12H2,14H3. The zero-order chi connectivity index (χ0) is 10.2. The van der Waals surface area contributed by atoms with E-state index in [1.165, 1.54) is 33.8 Å². The first kappa shape index (κ1) is 11.4. The van der Waals surface area contributed by atoms with Crippen LogP contribution in [0.1, 0.15) is 11.1 Å². The highest BCUT2D eigenvalue weighted by Gasteiger charge is 1.93. The Kier molecular flexibility index (Phi) is 5.52. The molecule has 78 valence electrons. The molecular formula is C11H20N2Si. The van der Waals surface area contributed by atoms with Crippen molar-refractivity contribution in [2.75, 3.05) is 13.1 Å². The lowest BCUT2D eigenvalue weighted by Gasteiger charge is -2.04. The van der Waals surface area contributed by atoms with E-state index in [4.69, 9.17) is 5.73 Å². The first-order chi connectivity index (χ1) is 6.86. The summed E-state index contributed by atoms with van der Waals surface area (Å²) in [5, 5.41) is 3.28. The highest BCUT2D eigenvalue weighted by Crippen LogP contribution is 2.05. The van der Waals surface area contributed by atoms with Crippen LogP contribution < -0.4 is 11.1 Å². The fourth-order valence-electron chi connectivity index (χ4n) is 1.45. The van der Waals surface area contributed by atoms with Gasteiger partial charge >= 0.3 is 0 Å². The molecule has 0 aliphatic heterocycles. The van der Waals surface area contributed by atoms with Gasteiger partial charge in [0, 0.05) is 29.9 Å². The third kappa shape index (κ3) is 4.04. The summed E-state index contributed by atoms with van der Waals surface area (Å²) in [5.41, 5.74) is 8.20. The molecule has 14 heavy (non-hydrogen) atoms. The van der Waals surface area contributed by atoms with E-state index in [2.05, 4.69) is 29.6 Å². The van der Waals surface area contributed by atoms with Crippen LogP contribution in [0, 0.1) is 0 Å². The third-order valence-corrected chi connectivity index (χ3v) is 2.71. The summed E-state index contributed by atoms with van der Waals surface area (Å²) >= 11 is 0. The van der Waals surface area contributed by atoms with Crippen molar-refractivity contribution in [2.45, 2.75) is 19.0 Å². The van der Waals surface area contributed by atoms with Crippen LogP contribution in [0.2, 0.25) is 6.04 Å². The second-order valence-corrected chi connectivity index (χ2v) is 4.53. The molecule has 0 aliphatic carbocycles. The van der Waals surface area contributed by atoms with E-state index < -0.39 is 0 Å². The van der Waals surface area contributed by atoms with Gasteiger partial charge in [-0.15, -0.1) is 0 Å². The summed E-state index contributed by atoms with van der Waals surface area (Å²) < 4.78 is 0. The molecule has 0 radical (unpaired) electrons. The Balaban J connectivity index is 2.38. The number of hydrogen-bond donors (Lipinski definition) is 2. The molecule has 1 aromatic rings. The molecule has 2 nitrogen and oxygen atoms in total. The Bertz CT molecular complexity index is 246. The average molecular weight is 208 g/mol. The predicted molar refractivity (Wildman–Crippen MR) is 65.7 cm³/mol. The lowest BCUT2D eigenvalue weighted by Crippen LogP contribution is -2.21. The summed E-state index contributed by atoms with van der Waals surface area (Å²) in [6, 6.07) is 10.2. The van der Waals surface area contributed by atoms with Gasteiger partial charge in [-0.2, -0.15) is 0 Å². The van der Waals surface area contributed by atoms with E-state index in [1.807, 2.05) is 0 Å². The highest BCUT2D eigenvalue weighted by molar-refractivity contribution is 6.08. The number of nitrogens with two attached hydrogens (primary N) is 1. The lowest BCUT2D eigenvalue weighted by atomic mass is 10.1. The number of nitrogens with one attached hydrogen (secondary N) is 1. The zero-order valence-electron chi connectivity index (χ0n) is 8.92. The maximum atomic E-state index is 5.40. The van der Waals surface area contributed by atoms with Crippen molar-refractivity contribution in [1.82, 2.24) is 5.32 Å². The quantitative estimate of drug-likeness (QED) is 0.512. The molecule has 1 rings (SSSR count). The molecular weight excluding hydrogens is 188 g/mol. The van der Waals surface area contributed by atoms with Crippen LogP contribution in [-0.4, -0.2) is 23.3 Å². The number of hydrogen-bond acceptors (Lipinski definition) is 2. The normalized spacial score (nSPS) is 10.6. The second-order valence-electron chi connectivity index (χ2n) is 3.53. The molecule has 0 bridgehead atoms. The first-order valence-corrected chi connectivity index (χ1v) is 6.77. The van der Waals surface area contributed by atoms with Crippen LogP contribution in [0.5, 0.6) is 0 Å². The predicted octanol–water partition coefficient (Wildman–Crippen LogP) is 0.0611. The largest absolute Gasteiger partial charge is 0.329 e. The van der Waals surface area contributed by atoms with Crippen LogP contribution in [0.25, 0.3) is 0 Å². The molecule has 0 atom stereocenters. The monoisotopic (exact) mass is 208 g/mol. The Labute approximate surface area is 89.3 Å². The lowest BCUT2D eigenvalue weighted by molar-refractivity contribution is 0.695. The van der Waals surface area contributed by atoms with Crippen molar-refractivity contribution >= 4 is 10.2 Å². The zero-order valence-corrected chi connectivity index (χ0v) is 10.9. The van der Waals surface area contributed by atoms with Gasteiger partial charge in [0.15, 0.2) is 0 Å². The van der Waals surface area contributed by atoms with Crippen LogP contribution in [0.4, 0.5) is 0 Å². The summed E-state index contributed by atoms with van der Waals surface area (Å²) in [6.07, 6.45) is 1.24. The van der Waals surface area contributed by atoms with Crippen LogP contribution >= 0.6 is 0 Å². The van der Waals surface area contributed by atoms with Gasteiger partial charge in [0.2, 0.25) is 0 Å². The molecule has 3 heteroatoms. The number of benzene rings is 1. The number of aryl methyl sites for hydroxylation is 1. The van der Waals surface area contributed by atoms with Crippen molar-refractivity contribution in [3.8, 4) is 0 Å². The molecule has 0 unspecified atom stereocenters. The Morgan fingerprint density at radius 3 is 2.36 bits per heavy atom. The summed E-state index contributed by atoms with van der Waals surface area (Å²) in [6.45, 7) is 2.53. The summed E-state index contributed by atoms with van der Waals surface area (Å²) in [5.74, 6) is 0. The van der Waals surface area contributed by atoms with Crippen LogP contribution in [-0.2, 0) is 13.0 Å². The molecule has 0 heterocycles. The van der Waals surface area contributed by atoms with Crippen molar-refractivity contribution in [2.24, 2.45) is 5.73 Å². The van der Waals surface area contributed by atoms with E-state index in [1.54, 1.807) is 0 Å². The van der Waals surface area contributed by atoms with Crippen molar-refractivity contribution in [1.29, 1.82) is 0 Å². The minimum absolute atomic E-state index is 0.707. The van der Waals surface area contributed by atoms with Gasteiger partial charge in [-0.05, 0) is 17.5 Å². The molecule has 1 aromatic carbocycles. The minimum Gasteiger partial charge on any atom is -0.329 e. The molecule has 0 spiro atoms. The summed E-state index contributed by atoms with van der Waals surface area (Å²) in [4.78, 5) is 0. The molecule has 0 aliphatic rings. The van der Waals surface area contributed by atoms with E-state index >= 15 is 0 Å². The van der Waals surface area contributed by atoms with E-state index in [-0.39, 0.29) is 0 Å². The van der Waals surface area contributed by atoms with Crippen LogP contribution in [0.15, 0.2) is 24.3 Å². The van der Waals surface area contributed by atoms with Gasteiger partial charge in [-0.25, -0.2) is 0 Å². The van der Waals surface area contributed by atoms with Gasteiger partial charge < -0.3 is 11.1 Å². The minimum atomic E-state index is 0.707. The molecule has 3 N–H and O–H groups in total. The van der Waals surface area contributed by atoms with Gasteiger partial charge in [0.1, 0.15) is 0 Å². The maximum Gasteiger partial charge on any atom is 0.0206 e. The first-order valence-electron chi connectivity index (χ1n) is 5.35. The molecule has 0 amide bonds. The van der Waals surface area contributed by atoms with Gasteiger partial charge in [-0.1, -0.05) is 30.3 Å². The number of rotatable bonds is 6. The smallest absolute Gasteiger partial charge is 0.0206 e. The van der Waals surface area contributed by atoms with Gasteiger partial charge in [-0.3, -0.25) is 0 Å². The highest BCUT2D eigenvalue weighted by atomic mass is 28.1. The van der Waals surface area contributed by atoms with Gasteiger partial charge in [0.05, 0.1) is 0 Å². The fourth-order valence-corrected chi connectivity index (χ4v) is 2.02. The van der Waals surface area contributed by atoms with E-state index in [0.29, 0.717) is 6.54 Å².